The van der Waals surface area contributed by atoms with E-state index in [0.717, 1.165) is 25.9 Å². The molecule has 0 atom stereocenters. The molecule has 0 aliphatic heterocycles. The predicted octanol–water partition coefficient (Wildman–Crippen LogP) is 5.09. The number of hydrogen-bond donors (Lipinski definition) is 0. The molecule has 0 fully saturated rings. The van der Waals surface area contributed by atoms with Crippen LogP contribution in [0.2, 0.25) is 0 Å². The summed E-state index contributed by atoms with van der Waals surface area (Å²) in [6, 6.07) is 12.2. The molecule has 0 radical (unpaired) electrons. The largest absolute Gasteiger partial charge is 0.254 e. The molecule has 0 bridgehead atoms. The molecule has 86 valence electrons. The molecule has 0 N–H and O–H groups in total. The molecule has 0 spiro atoms. The summed E-state index contributed by atoms with van der Waals surface area (Å²) >= 11 is 6.94. The first-order valence-electron chi connectivity index (χ1n) is 5.21. The predicted molar refractivity (Wildman–Crippen MR) is 79.7 cm³/mol. The van der Waals surface area contributed by atoms with E-state index in [2.05, 4.69) is 55.1 Å². The molecule has 0 aliphatic rings. The standard InChI is InChI=1S/C14H11Br2N/c1-10-3-2-4-14(17-10)6-5-11-7-12(15)9-13(16)8-11/h2-9H,1H3/b6-5+. The van der Waals surface area contributed by atoms with Gasteiger partial charge in [0, 0.05) is 14.6 Å². The molecule has 0 amide bonds. The molecule has 0 unspecified atom stereocenters. The first-order chi connectivity index (χ1) is 8.13. The number of nitrogens with zero attached hydrogens (tertiary/aromatic N) is 1. The normalized spacial score (nSPS) is 11.0. The van der Waals surface area contributed by atoms with Gasteiger partial charge in [-0.05, 0) is 48.9 Å². The van der Waals surface area contributed by atoms with Gasteiger partial charge in [0.1, 0.15) is 0 Å². The molecule has 1 aromatic heterocycles. The van der Waals surface area contributed by atoms with E-state index in [1.54, 1.807) is 0 Å². The number of pyridine rings is 1. The average molecular weight is 353 g/mol. The number of aromatic nitrogens is 1. The molecular formula is C14H11Br2N. The van der Waals surface area contributed by atoms with Gasteiger partial charge in [0.2, 0.25) is 0 Å². The van der Waals surface area contributed by atoms with Crippen LogP contribution in [0.1, 0.15) is 17.0 Å². The van der Waals surface area contributed by atoms with Crippen LogP contribution in [-0.4, -0.2) is 4.98 Å². The lowest BCUT2D eigenvalue weighted by Gasteiger charge is -1.98. The van der Waals surface area contributed by atoms with Gasteiger partial charge in [-0.2, -0.15) is 0 Å². The fraction of sp³-hybridized carbons (Fsp3) is 0.0714. The maximum Gasteiger partial charge on any atom is 0.0633 e. The number of rotatable bonds is 2. The Morgan fingerprint density at radius 2 is 1.71 bits per heavy atom. The van der Waals surface area contributed by atoms with E-state index in [-0.39, 0.29) is 0 Å². The van der Waals surface area contributed by atoms with Crippen LogP contribution in [0.25, 0.3) is 12.2 Å². The Morgan fingerprint density at radius 3 is 2.35 bits per heavy atom. The Hall–Kier alpha value is -0.930. The van der Waals surface area contributed by atoms with E-state index in [1.165, 1.54) is 0 Å². The Morgan fingerprint density at radius 1 is 1.00 bits per heavy atom. The number of hydrogen-bond acceptors (Lipinski definition) is 1. The SMILES string of the molecule is Cc1cccc(/C=C/c2cc(Br)cc(Br)c2)n1. The molecule has 17 heavy (non-hydrogen) atoms. The van der Waals surface area contributed by atoms with Crippen molar-refractivity contribution in [1.29, 1.82) is 0 Å². The quantitative estimate of drug-likeness (QED) is 0.733. The zero-order valence-corrected chi connectivity index (χ0v) is 12.5. The van der Waals surface area contributed by atoms with Gasteiger partial charge < -0.3 is 0 Å². The van der Waals surface area contributed by atoms with Gasteiger partial charge in [-0.25, -0.2) is 0 Å². The van der Waals surface area contributed by atoms with Crippen LogP contribution in [0.15, 0.2) is 45.3 Å². The number of halogens is 2. The first kappa shape index (κ1) is 12.5. The van der Waals surface area contributed by atoms with Gasteiger partial charge in [-0.3, -0.25) is 4.98 Å². The van der Waals surface area contributed by atoms with E-state index < -0.39 is 0 Å². The molecule has 1 nitrogen and oxygen atoms in total. The lowest BCUT2D eigenvalue weighted by Crippen LogP contribution is -1.83. The number of aryl methyl sites for hydroxylation is 1. The van der Waals surface area contributed by atoms with Crippen LogP contribution in [0.3, 0.4) is 0 Å². The monoisotopic (exact) mass is 351 g/mol. The molecule has 2 aromatic rings. The Labute approximate surface area is 118 Å². The van der Waals surface area contributed by atoms with E-state index in [0.29, 0.717) is 0 Å². The Kier molecular flexibility index (Phi) is 4.13. The first-order valence-corrected chi connectivity index (χ1v) is 6.80. The maximum atomic E-state index is 4.42. The van der Waals surface area contributed by atoms with Crippen LogP contribution >= 0.6 is 31.9 Å². The van der Waals surface area contributed by atoms with Crippen LogP contribution < -0.4 is 0 Å². The van der Waals surface area contributed by atoms with Gasteiger partial charge in [-0.15, -0.1) is 0 Å². The summed E-state index contributed by atoms with van der Waals surface area (Å²) in [5.74, 6) is 0. The number of benzene rings is 1. The minimum absolute atomic E-state index is 0.973. The second-order valence-electron chi connectivity index (χ2n) is 3.74. The van der Waals surface area contributed by atoms with Crippen LogP contribution in [0.4, 0.5) is 0 Å². The third-order valence-corrected chi connectivity index (χ3v) is 3.16. The van der Waals surface area contributed by atoms with Gasteiger partial charge in [0.05, 0.1) is 5.69 Å². The summed E-state index contributed by atoms with van der Waals surface area (Å²) in [7, 11) is 0. The second-order valence-corrected chi connectivity index (χ2v) is 5.57. The van der Waals surface area contributed by atoms with Crippen molar-refractivity contribution in [2.45, 2.75) is 6.92 Å². The van der Waals surface area contributed by atoms with Crippen molar-refractivity contribution in [2.75, 3.05) is 0 Å². The average Bonchev–Trinajstić information content (AvgIpc) is 2.25. The molecule has 0 aliphatic carbocycles. The Balaban J connectivity index is 2.25. The van der Waals surface area contributed by atoms with Gasteiger partial charge in [-0.1, -0.05) is 44.0 Å². The zero-order valence-electron chi connectivity index (χ0n) is 9.32. The molecule has 0 saturated heterocycles. The lowest BCUT2D eigenvalue weighted by molar-refractivity contribution is 1.18. The summed E-state index contributed by atoms with van der Waals surface area (Å²) in [4.78, 5) is 4.42. The second kappa shape index (κ2) is 5.61. The van der Waals surface area contributed by atoms with Crippen molar-refractivity contribution in [3.63, 3.8) is 0 Å². The summed E-state index contributed by atoms with van der Waals surface area (Å²) in [6.07, 6.45) is 4.07. The van der Waals surface area contributed by atoms with Crippen molar-refractivity contribution in [2.24, 2.45) is 0 Å². The fourth-order valence-corrected chi connectivity index (χ4v) is 2.84. The van der Waals surface area contributed by atoms with Crippen LogP contribution in [-0.2, 0) is 0 Å². The highest BCUT2D eigenvalue weighted by molar-refractivity contribution is 9.11. The summed E-state index contributed by atoms with van der Waals surface area (Å²) in [5, 5.41) is 0. The van der Waals surface area contributed by atoms with Crippen molar-refractivity contribution in [3.8, 4) is 0 Å². The van der Waals surface area contributed by atoms with Crippen molar-refractivity contribution >= 4 is 44.0 Å². The highest BCUT2D eigenvalue weighted by atomic mass is 79.9. The van der Waals surface area contributed by atoms with Gasteiger partial charge in [0.15, 0.2) is 0 Å². The molecule has 1 heterocycles. The minimum atomic E-state index is 0.973. The Bertz CT molecular complexity index is 542. The molecular weight excluding hydrogens is 342 g/mol. The maximum absolute atomic E-state index is 4.42. The third kappa shape index (κ3) is 3.79. The minimum Gasteiger partial charge on any atom is -0.254 e. The summed E-state index contributed by atoms with van der Waals surface area (Å²) < 4.78 is 2.12. The molecule has 1 aromatic carbocycles. The van der Waals surface area contributed by atoms with Crippen molar-refractivity contribution < 1.29 is 0 Å². The highest BCUT2D eigenvalue weighted by Gasteiger charge is 1.95. The zero-order chi connectivity index (χ0) is 12.3. The van der Waals surface area contributed by atoms with Gasteiger partial charge in [0.25, 0.3) is 0 Å². The topological polar surface area (TPSA) is 12.9 Å². The highest BCUT2D eigenvalue weighted by Crippen LogP contribution is 2.21. The summed E-state index contributed by atoms with van der Waals surface area (Å²) in [6.45, 7) is 1.99. The van der Waals surface area contributed by atoms with Crippen molar-refractivity contribution in [1.82, 2.24) is 4.98 Å². The van der Waals surface area contributed by atoms with E-state index >= 15 is 0 Å². The van der Waals surface area contributed by atoms with Crippen LogP contribution in [0.5, 0.6) is 0 Å². The van der Waals surface area contributed by atoms with E-state index in [9.17, 15) is 0 Å². The molecule has 0 saturated carbocycles. The van der Waals surface area contributed by atoms with Gasteiger partial charge >= 0.3 is 0 Å². The van der Waals surface area contributed by atoms with Crippen LogP contribution in [0, 0.1) is 6.92 Å². The van der Waals surface area contributed by atoms with E-state index in [1.807, 2.05) is 37.3 Å². The summed E-state index contributed by atoms with van der Waals surface area (Å²) in [5.41, 5.74) is 3.14. The third-order valence-electron chi connectivity index (χ3n) is 2.24. The lowest BCUT2D eigenvalue weighted by atomic mass is 10.2. The molecule has 2 rings (SSSR count). The van der Waals surface area contributed by atoms with E-state index in [4.69, 9.17) is 0 Å². The van der Waals surface area contributed by atoms with Crippen molar-refractivity contribution in [3.05, 3.63) is 62.3 Å². The smallest absolute Gasteiger partial charge is 0.0633 e. The molecule has 3 heteroatoms. The fourth-order valence-electron chi connectivity index (χ4n) is 1.51.